The molecule has 1 heterocycles. The summed E-state index contributed by atoms with van der Waals surface area (Å²) in [4.78, 5) is 0. The van der Waals surface area contributed by atoms with Crippen LogP contribution in [0.1, 0.15) is 19.0 Å². The third-order valence-electron chi connectivity index (χ3n) is 3.06. The highest BCUT2D eigenvalue weighted by atomic mass is 32.2. The second kappa shape index (κ2) is 7.62. The van der Waals surface area contributed by atoms with Crippen molar-refractivity contribution < 1.29 is 8.42 Å². The van der Waals surface area contributed by atoms with E-state index in [0.29, 0.717) is 13.1 Å². The highest BCUT2D eigenvalue weighted by Gasteiger charge is 2.12. The predicted molar refractivity (Wildman–Crippen MR) is 76.5 cm³/mol. The van der Waals surface area contributed by atoms with Gasteiger partial charge in [-0.1, -0.05) is 6.92 Å². The summed E-state index contributed by atoms with van der Waals surface area (Å²) in [5.41, 5.74) is 1.19. The summed E-state index contributed by atoms with van der Waals surface area (Å²) in [6.07, 6.45) is 4.80. The molecule has 1 N–H and O–H groups in total. The highest BCUT2D eigenvalue weighted by molar-refractivity contribution is 7.88. The summed E-state index contributed by atoms with van der Waals surface area (Å²) in [6, 6.07) is 2.00. The van der Waals surface area contributed by atoms with Crippen LogP contribution in [-0.4, -0.2) is 54.9 Å². The lowest BCUT2D eigenvalue weighted by Crippen LogP contribution is -2.32. The Bertz CT molecular complexity index is 470. The molecule has 0 radical (unpaired) electrons. The lowest BCUT2D eigenvalue weighted by atomic mass is 10.3. The van der Waals surface area contributed by atoms with Crippen LogP contribution in [0.15, 0.2) is 12.3 Å². The zero-order chi connectivity index (χ0) is 14.3. The number of hydrogen-bond donors (Lipinski definition) is 1. The Kier molecular flexibility index (Phi) is 6.47. The first-order chi connectivity index (χ1) is 8.95. The summed E-state index contributed by atoms with van der Waals surface area (Å²) in [6.45, 7) is 4.67. The van der Waals surface area contributed by atoms with E-state index in [2.05, 4.69) is 10.4 Å². The number of rotatable bonds is 9. The van der Waals surface area contributed by atoms with Gasteiger partial charge in [0.2, 0.25) is 10.0 Å². The first-order valence-electron chi connectivity index (χ1n) is 6.58. The van der Waals surface area contributed by atoms with Crippen molar-refractivity contribution in [3.63, 3.8) is 0 Å². The van der Waals surface area contributed by atoms with Crippen LogP contribution in [0, 0.1) is 0 Å². The molecule has 7 heteroatoms. The van der Waals surface area contributed by atoms with Crippen LogP contribution in [0.5, 0.6) is 0 Å². The zero-order valence-corrected chi connectivity index (χ0v) is 12.8. The largest absolute Gasteiger partial charge is 0.316 e. The smallest absolute Gasteiger partial charge is 0.211 e. The second-order valence-corrected chi connectivity index (χ2v) is 6.54. The van der Waals surface area contributed by atoms with Gasteiger partial charge in [0.15, 0.2) is 0 Å². The van der Waals surface area contributed by atoms with E-state index in [9.17, 15) is 8.42 Å². The van der Waals surface area contributed by atoms with Crippen molar-refractivity contribution >= 4 is 10.0 Å². The van der Waals surface area contributed by atoms with E-state index in [0.717, 1.165) is 25.9 Å². The van der Waals surface area contributed by atoms with Gasteiger partial charge in [0.1, 0.15) is 0 Å². The lowest BCUT2D eigenvalue weighted by molar-refractivity contribution is 0.419. The van der Waals surface area contributed by atoms with Crippen LogP contribution in [-0.2, 0) is 23.5 Å². The third-order valence-corrected chi connectivity index (χ3v) is 4.44. The Morgan fingerprint density at radius 2 is 2.16 bits per heavy atom. The highest BCUT2D eigenvalue weighted by Crippen LogP contribution is 1.99. The molecule has 0 fully saturated rings. The molecule has 6 nitrogen and oxygen atoms in total. The Balaban J connectivity index is 2.13. The number of nitrogens with one attached hydrogen (secondary N) is 1. The molecule has 0 aliphatic rings. The first kappa shape index (κ1) is 16.1. The fourth-order valence-electron chi connectivity index (χ4n) is 1.93. The third kappa shape index (κ3) is 5.71. The van der Waals surface area contributed by atoms with Gasteiger partial charge in [0, 0.05) is 45.0 Å². The summed E-state index contributed by atoms with van der Waals surface area (Å²) >= 11 is 0. The minimum absolute atomic E-state index is 0.536. The maximum absolute atomic E-state index is 11.4. The van der Waals surface area contributed by atoms with Gasteiger partial charge in [-0.2, -0.15) is 5.10 Å². The molecule has 0 aliphatic carbocycles. The van der Waals surface area contributed by atoms with Gasteiger partial charge in [-0.15, -0.1) is 0 Å². The number of nitrogens with zero attached hydrogens (tertiary/aromatic N) is 3. The molecular weight excluding hydrogens is 264 g/mol. The van der Waals surface area contributed by atoms with E-state index in [-0.39, 0.29) is 0 Å². The van der Waals surface area contributed by atoms with Crippen molar-refractivity contribution in [2.45, 2.75) is 19.8 Å². The van der Waals surface area contributed by atoms with Gasteiger partial charge in [-0.25, -0.2) is 12.7 Å². The molecule has 0 saturated carbocycles. The fraction of sp³-hybridized carbons (Fsp3) is 0.750. The van der Waals surface area contributed by atoms with Gasteiger partial charge in [0.25, 0.3) is 0 Å². The van der Waals surface area contributed by atoms with E-state index < -0.39 is 10.0 Å². The molecule has 0 saturated heterocycles. The van der Waals surface area contributed by atoms with Crippen LogP contribution in [0.2, 0.25) is 0 Å². The molecule has 0 unspecified atom stereocenters. The quantitative estimate of drug-likeness (QED) is 0.660. The van der Waals surface area contributed by atoms with Crippen LogP contribution in [0.3, 0.4) is 0 Å². The molecule has 0 amide bonds. The van der Waals surface area contributed by atoms with Gasteiger partial charge < -0.3 is 5.32 Å². The number of hydrogen-bond acceptors (Lipinski definition) is 4. The lowest BCUT2D eigenvalue weighted by Gasteiger charge is -2.17. The molecule has 19 heavy (non-hydrogen) atoms. The Hall–Kier alpha value is -0.920. The van der Waals surface area contributed by atoms with Gasteiger partial charge in [-0.05, 0) is 19.0 Å². The zero-order valence-electron chi connectivity index (χ0n) is 12.0. The molecule has 0 aliphatic heterocycles. The molecule has 0 atom stereocenters. The Morgan fingerprint density at radius 3 is 2.68 bits per heavy atom. The van der Waals surface area contributed by atoms with E-state index in [4.69, 9.17) is 0 Å². The van der Waals surface area contributed by atoms with E-state index in [1.165, 1.54) is 16.3 Å². The number of sulfonamides is 1. The van der Waals surface area contributed by atoms with Crippen LogP contribution < -0.4 is 5.32 Å². The second-order valence-electron chi connectivity index (χ2n) is 4.55. The molecular formula is C12H24N4O2S. The van der Waals surface area contributed by atoms with Crippen molar-refractivity contribution in [3.8, 4) is 0 Å². The van der Waals surface area contributed by atoms with Crippen molar-refractivity contribution in [1.29, 1.82) is 0 Å². The summed E-state index contributed by atoms with van der Waals surface area (Å²) in [5, 5.41) is 7.43. The SMILES string of the molecule is CCN(CCCNCCc1ccnn1C)S(C)(=O)=O. The number of aromatic nitrogens is 2. The Labute approximate surface area is 115 Å². The van der Waals surface area contributed by atoms with Gasteiger partial charge in [0.05, 0.1) is 6.26 Å². The summed E-state index contributed by atoms with van der Waals surface area (Å²) in [5.74, 6) is 0. The molecule has 1 aromatic rings. The monoisotopic (exact) mass is 288 g/mol. The first-order valence-corrected chi connectivity index (χ1v) is 8.42. The predicted octanol–water partition coefficient (Wildman–Crippen LogP) is 0.224. The van der Waals surface area contributed by atoms with Crippen molar-refractivity contribution in [1.82, 2.24) is 19.4 Å². The van der Waals surface area contributed by atoms with Gasteiger partial charge in [-0.3, -0.25) is 4.68 Å². The summed E-state index contributed by atoms with van der Waals surface area (Å²) < 4.78 is 26.1. The van der Waals surface area contributed by atoms with Crippen LogP contribution in [0.25, 0.3) is 0 Å². The minimum Gasteiger partial charge on any atom is -0.316 e. The average molecular weight is 288 g/mol. The summed E-state index contributed by atoms with van der Waals surface area (Å²) in [7, 11) is -1.12. The standard InChI is InChI=1S/C12H24N4O2S/c1-4-16(19(3,17)18)11-5-8-13-9-6-12-7-10-14-15(12)2/h7,10,13H,4-6,8-9,11H2,1-3H3. The Morgan fingerprint density at radius 1 is 1.42 bits per heavy atom. The molecule has 0 aromatic carbocycles. The molecule has 1 rings (SSSR count). The average Bonchev–Trinajstić information content (AvgIpc) is 2.72. The normalized spacial score (nSPS) is 12.2. The fourth-order valence-corrected chi connectivity index (χ4v) is 2.86. The number of aryl methyl sites for hydroxylation is 1. The van der Waals surface area contributed by atoms with Gasteiger partial charge >= 0.3 is 0 Å². The maximum Gasteiger partial charge on any atom is 0.211 e. The van der Waals surface area contributed by atoms with Crippen molar-refractivity contribution in [2.75, 3.05) is 32.4 Å². The van der Waals surface area contributed by atoms with E-state index in [1.54, 1.807) is 6.20 Å². The molecule has 0 bridgehead atoms. The topological polar surface area (TPSA) is 67.2 Å². The van der Waals surface area contributed by atoms with Crippen molar-refractivity contribution in [3.05, 3.63) is 18.0 Å². The van der Waals surface area contributed by atoms with E-state index in [1.807, 2.05) is 24.7 Å². The molecule has 110 valence electrons. The molecule has 1 aromatic heterocycles. The maximum atomic E-state index is 11.4. The minimum atomic E-state index is -3.05. The van der Waals surface area contributed by atoms with Crippen LogP contribution >= 0.6 is 0 Å². The molecule has 0 spiro atoms. The van der Waals surface area contributed by atoms with Crippen molar-refractivity contribution in [2.24, 2.45) is 7.05 Å². The van der Waals surface area contributed by atoms with Crippen LogP contribution in [0.4, 0.5) is 0 Å². The van der Waals surface area contributed by atoms with E-state index >= 15 is 0 Å².